The summed E-state index contributed by atoms with van der Waals surface area (Å²) in [6.07, 6.45) is 3.52. The molecular weight excluding hydrogens is 319 g/mol. The summed E-state index contributed by atoms with van der Waals surface area (Å²) in [6.45, 7) is 2.15. The summed E-state index contributed by atoms with van der Waals surface area (Å²) >= 11 is 12.0. The van der Waals surface area contributed by atoms with Crippen molar-refractivity contribution in [3.63, 3.8) is 0 Å². The van der Waals surface area contributed by atoms with Crippen molar-refractivity contribution >= 4 is 33.2 Å². The number of hydrogen-bond donors (Lipinski definition) is 2. The molecule has 0 aromatic heterocycles. The lowest BCUT2D eigenvalue weighted by Crippen LogP contribution is -2.52. The maximum Gasteiger partial charge on any atom is 0.242 e. The molecule has 1 aliphatic carbocycles. The first-order chi connectivity index (χ1) is 9.33. The summed E-state index contributed by atoms with van der Waals surface area (Å²) in [5.41, 5.74) is 5.80. The highest BCUT2D eigenvalue weighted by molar-refractivity contribution is 7.89. The number of halogens is 2. The maximum absolute atomic E-state index is 12.5. The second-order valence-corrected chi connectivity index (χ2v) is 7.64. The van der Waals surface area contributed by atoms with E-state index in [2.05, 4.69) is 4.72 Å². The van der Waals surface area contributed by atoms with Gasteiger partial charge in [0.15, 0.2) is 0 Å². The minimum atomic E-state index is -3.67. The van der Waals surface area contributed by atoms with Gasteiger partial charge >= 0.3 is 0 Å². The van der Waals surface area contributed by atoms with E-state index in [-0.39, 0.29) is 22.0 Å². The molecule has 0 atom stereocenters. The lowest BCUT2D eigenvalue weighted by atomic mass is 9.76. The van der Waals surface area contributed by atoms with Crippen LogP contribution < -0.4 is 10.5 Å². The van der Waals surface area contributed by atoms with Crippen molar-refractivity contribution < 1.29 is 8.42 Å². The van der Waals surface area contributed by atoms with Crippen LogP contribution in [0.3, 0.4) is 0 Å². The summed E-state index contributed by atoms with van der Waals surface area (Å²) in [4.78, 5) is 0.0451. The zero-order chi connectivity index (χ0) is 15.0. The Morgan fingerprint density at radius 3 is 2.40 bits per heavy atom. The zero-order valence-electron chi connectivity index (χ0n) is 11.2. The standard InChI is InChI=1S/C13H18Cl2N2O2S/c1-2-13(4-3-5-13)17-20(18,19)12-6-9(8-16)10(14)7-11(12)15/h6-7,17H,2-5,8,16H2,1H3. The van der Waals surface area contributed by atoms with E-state index in [1.54, 1.807) is 0 Å². The molecule has 3 N–H and O–H groups in total. The molecule has 7 heteroatoms. The molecule has 0 spiro atoms. The van der Waals surface area contributed by atoms with Gasteiger partial charge in [-0.05, 0) is 43.4 Å². The second-order valence-electron chi connectivity index (χ2n) is 5.17. The van der Waals surface area contributed by atoms with Crippen molar-refractivity contribution in [3.8, 4) is 0 Å². The zero-order valence-corrected chi connectivity index (χ0v) is 13.6. The van der Waals surface area contributed by atoms with Gasteiger partial charge < -0.3 is 5.73 Å². The third kappa shape index (κ3) is 2.97. The van der Waals surface area contributed by atoms with Crippen molar-refractivity contribution in [1.82, 2.24) is 4.72 Å². The van der Waals surface area contributed by atoms with Crippen LogP contribution in [0.2, 0.25) is 10.0 Å². The van der Waals surface area contributed by atoms with E-state index < -0.39 is 10.0 Å². The lowest BCUT2D eigenvalue weighted by molar-refractivity contribution is 0.214. The normalized spacial score (nSPS) is 17.8. The Kier molecular flexibility index (Phi) is 4.66. The molecule has 1 aromatic rings. The number of sulfonamides is 1. The molecule has 20 heavy (non-hydrogen) atoms. The van der Waals surface area contributed by atoms with Crippen LogP contribution in [0.25, 0.3) is 0 Å². The van der Waals surface area contributed by atoms with Crippen LogP contribution in [0.4, 0.5) is 0 Å². The predicted octanol–water partition coefficient (Wildman–Crippen LogP) is 3.06. The number of nitrogens with one attached hydrogen (secondary N) is 1. The third-order valence-electron chi connectivity index (χ3n) is 3.95. The average molecular weight is 337 g/mol. The van der Waals surface area contributed by atoms with Crippen molar-refractivity contribution in [3.05, 3.63) is 27.7 Å². The van der Waals surface area contributed by atoms with Gasteiger partial charge in [-0.25, -0.2) is 13.1 Å². The van der Waals surface area contributed by atoms with Crippen LogP contribution in [-0.2, 0) is 16.6 Å². The van der Waals surface area contributed by atoms with Gasteiger partial charge in [-0.3, -0.25) is 0 Å². The van der Waals surface area contributed by atoms with Crippen molar-refractivity contribution in [2.24, 2.45) is 5.73 Å². The molecule has 2 rings (SSSR count). The maximum atomic E-state index is 12.5. The fourth-order valence-electron chi connectivity index (χ4n) is 2.40. The van der Waals surface area contributed by atoms with Gasteiger partial charge in [-0.2, -0.15) is 0 Å². The van der Waals surface area contributed by atoms with Crippen molar-refractivity contribution in [2.45, 2.75) is 49.6 Å². The molecule has 0 aliphatic heterocycles. The molecular formula is C13H18Cl2N2O2S. The Balaban J connectivity index is 2.39. The highest BCUT2D eigenvalue weighted by atomic mass is 35.5. The molecule has 0 amide bonds. The van der Waals surface area contributed by atoms with Crippen LogP contribution in [0.15, 0.2) is 17.0 Å². The van der Waals surface area contributed by atoms with Crippen molar-refractivity contribution in [1.29, 1.82) is 0 Å². The average Bonchev–Trinajstić information content (AvgIpc) is 2.33. The van der Waals surface area contributed by atoms with Crippen LogP contribution in [0.1, 0.15) is 38.2 Å². The van der Waals surface area contributed by atoms with Gasteiger partial charge in [-0.1, -0.05) is 30.1 Å². The molecule has 1 aliphatic rings. The monoisotopic (exact) mass is 336 g/mol. The van der Waals surface area contributed by atoms with Gasteiger partial charge in [-0.15, -0.1) is 0 Å². The van der Waals surface area contributed by atoms with E-state index in [0.717, 1.165) is 25.7 Å². The first-order valence-electron chi connectivity index (χ1n) is 6.55. The van der Waals surface area contributed by atoms with Crippen LogP contribution in [-0.4, -0.2) is 14.0 Å². The predicted molar refractivity (Wildman–Crippen MR) is 81.5 cm³/mol. The van der Waals surface area contributed by atoms with E-state index >= 15 is 0 Å². The highest BCUT2D eigenvalue weighted by Crippen LogP contribution is 2.37. The number of rotatable bonds is 5. The van der Waals surface area contributed by atoms with Gasteiger partial charge in [0, 0.05) is 17.1 Å². The first kappa shape index (κ1) is 16.0. The summed E-state index contributed by atoms with van der Waals surface area (Å²) in [5.74, 6) is 0. The molecule has 1 fully saturated rings. The minimum Gasteiger partial charge on any atom is -0.326 e. The Bertz CT molecular complexity index is 608. The molecule has 0 unspecified atom stereocenters. The van der Waals surface area contributed by atoms with Crippen LogP contribution >= 0.6 is 23.2 Å². The number of hydrogen-bond acceptors (Lipinski definition) is 3. The van der Waals surface area contributed by atoms with E-state index in [1.807, 2.05) is 6.92 Å². The smallest absolute Gasteiger partial charge is 0.242 e. The Labute approximate surface area is 129 Å². The van der Waals surface area contributed by atoms with Crippen LogP contribution in [0.5, 0.6) is 0 Å². The second kappa shape index (κ2) is 5.81. The van der Waals surface area contributed by atoms with Gasteiger partial charge in [0.1, 0.15) is 4.90 Å². The Hall–Kier alpha value is -0.330. The van der Waals surface area contributed by atoms with Crippen molar-refractivity contribution in [2.75, 3.05) is 0 Å². The summed E-state index contributed by atoms with van der Waals surface area (Å²) < 4.78 is 27.8. The fraction of sp³-hybridized carbons (Fsp3) is 0.538. The molecule has 1 saturated carbocycles. The first-order valence-corrected chi connectivity index (χ1v) is 8.79. The lowest BCUT2D eigenvalue weighted by Gasteiger charge is -2.41. The van der Waals surface area contributed by atoms with E-state index in [1.165, 1.54) is 12.1 Å². The fourth-order valence-corrected chi connectivity index (χ4v) is 4.81. The minimum absolute atomic E-state index is 0.0451. The van der Waals surface area contributed by atoms with Gasteiger partial charge in [0.05, 0.1) is 5.02 Å². The topological polar surface area (TPSA) is 72.2 Å². The SMILES string of the molecule is CCC1(NS(=O)(=O)c2cc(CN)c(Cl)cc2Cl)CCC1. The largest absolute Gasteiger partial charge is 0.326 e. The Morgan fingerprint density at radius 1 is 1.30 bits per heavy atom. The molecule has 112 valence electrons. The van der Waals surface area contributed by atoms with E-state index in [4.69, 9.17) is 28.9 Å². The summed E-state index contributed by atoms with van der Waals surface area (Å²) in [6, 6.07) is 2.88. The molecule has 0 radical (unpaired) electrons. The molecule has 0 heterocycles. The summed E-state index contributed by atoms with van der Waals surface area (Å²) in [5, 5.41) is 0.496. The molecule has 4 nitrogen and oxygen atoms in total. The Morgan fingerprint density at radius 2 is 1.95 bits per heavy atom. The number of nitrogens with two attached hydrogens (primary N) is 1. The van der Waals surface area contributed by atoms with Gasteiger partial charge in [0.25, 0.3) is 0 Å². The van der Waals surface area contributed by atoms with E-state index in [0.29, 0.717) is 10.6 Å². The quantitative estimate of drug-likeness (QED) is 0.867. The van der Waals surface area contributed by atoms with Gasteiger partial charge in [0.2, 0.25) is 10.0 Å². The number of benzene rings is 1. The third-order valence-corrected chi connectivity index (χ3v) is 6.34. The van der Waals surface area contributed by atoms with Crippen LogP contribution in [0, 0.1) is 0 Å². The molecule has 1 aromatic carbocycles. The highest BCUT2D eigenvalue weighted by Gasteiger charge is 2.39. The molecule has 0 bridgehead atoms. The van der Waals surface area contributed by atoms with E-state index in [9.17, 15) is 8.42 Å². The molecule has 0 saturated heterocycles. The summed E-state index contributed by atoms with van der Waals surface area (Å²) in [7, 11) is -3.67.